The van der Waals surface area contributed by atoms with Crippen LogP contribution >= 0.6 is 15.9 Å². The second-order valence-corrected chi connectivity index (χ2v) is 7.93. The zero-order valence-electron chi connectivity index (χ0n) is 15.0. The van der Waals surface area contributed by atoms with Crippen LogP contribution in [0, 0.1) is 0 Å². The lowest BCUT2D eigenvalue weighted by molar-refractivity contribution is 0.539. The average molecular weight is 402 g/mol. The number of aromatic nitrogens is 4. The number of hydrogen-bond donors (Lipinski definition) is 1. The number of hydrogen-bond acceptors (Lipinski definition) is 4. The molecular formula is C19H24BrN5. The summed E-state index contributed by atoms with van der Waals surface area (Å²) >= 11 is 3.63. The number of pyridine rings is 1. The molecule has 1 N–H and O–H groups in total. The van der Waals surface area contributed by atoms with Crippen molar-refractivity contribution in [3.63, 3.8) is 0 Å². The van der Waals surface area contributed by atoms with E-state index in [-0.39, 0.29) is 5.41 Å². The van der Waals surface area contributed by atoms with Crippen molar-refractivity contribution in [1.29, 1.82) is 0 Å². The molecule has 0 bridgehead atoms. The average Bonchev–Trinajstić information content (AvgIpc) is 2.91. The van der Waals surface area contributed by atoms with Crippen LogP contribution < -0.4 is 5.32 Å². The fourth-order valence-electron chi connectivity index (χ4n) is 2.63. The Morgan fingerprint density at radius 3 is 2.76 bits per heavy atom. The Morgan fingerprint density at radius 2 is 2.00 bits per heavy atom. The van der Waals surface area contributed by atoms with Crippen LogP contribution in [0.4, 0.5) is 0 Å². The molecule has 0 atom stereocenters. The van der Waals surface area contributed by atoms with Crippen molar-refractivity contribution in [2.45, 2.75) is 45.6 Å². The number of nitrogens with one attached hydrogen (secondary N) is 1. The van der Waals surface area contributed by atoms with E-state index in [9.17, 15) is 0 Å². The Balaban J connectivity index is 1.50. The smallest absolute Gasteiger partial charge is 0.137 e. The Bertz CT molecular complexity index is 850. The molecule has 25 heavy (non-hydrogen) atoms. The molecule has 0 unspecified atom stereocenters. The van der Waals surface area contributed by atoms with Crippen LogP contribution in [0.3, 0.4) is 0 Å². The van der Waals surface area contributed by atoms with Crippen molar-refractivity contribution in [2.24, 2.45) is 0 Å². The normalized spacial score (nSPS) is 12.0. The Kier molecular flexibility index (Phi) is 5.49. The quantitative estimate of drug-likeness (QED) is 0.636. The minimum absolute atomic E-state index is 0.0103. The van der Waals surface area contributed by atoms with E-state index in [1.807, 2.05) is 41.1 Å². The highest BCUT2D eigenvalue weighted by Gasteiger charge is 2.17. The van der Waals surface area contributed by atoms with E-state index in [0.29, 0.717) is 0 Å². The summed E-state index contributed by atoms with van der Waals surface area (Å²) < 4.78 is 3.06. The molecule has 0 spiro atoms. The summed E-state index contributed by atoms with van der Waals surface area (Å²) in [4.78, 5) is 13.7. The standard InChI is InChI=1S/C19H24BrN5/c1-19(2,3)18-22-11-9-14(23-18)7-6-10-21-13-15-17(20)25-12-5-4-8-16(25)24-15/h4-5,8-9,11-12,21H,6-7,10,13H2,1-3H3. The zero-order valence-corrected chi connectivity index (χ0v) is 16.5. The summed E-state index contributed by atoms with van der Waals surface area (Å²) in [6, 6.07) is 8.02. The molecule has 132 valence electrons. The van der Waals surface area contributed by atoms with Crippen LogP contribution in [-0.4, -0.2) is 25.9 Å². The number of fused-ring (bicyclic) bond motifs is 1. The summed E-state index contributed by atoms with van der Waals surface area (Å²) in [6.45, 7) is 8.09. The molecule has 3 aromatic rings. The van der Waals surface area contributed by atoms with Gasteiger partial charge in [-0.15, -0.1) is 0 Å². The molecule has 0 fully saturated rings. The van der Waals surface area contributed by atoms with Crippen molar-refractivity contribution in [2.75, 3.05) is 6.54 Å². The van der Waals surface area contributed by atoms with Gasteiger partial charge in [-0.05, 0) is 53.5 Å². The number of nitrogens with zero attached hydrogens (tertiary/aromatic N) is 4. The molecule has 0 saturated heterocycles. The first-order valence-electron chi connectivity index (χ1n) is 8.60. The molecule has 3 rings (SSSR count). The predicted octanol–water partition coefficient (Wildman–Crippen LogP) is 3.91. The lowest BCUT2D eigenvalue weighted by atomic mass is 9.95. The maximum absolute atomic E-state index is 4.68. The second-order valence-electron chi connectivity index (χ2n) is 7.18. The lowest BCUT2D eigenvalue weighted by Crippen LogP contribution is -2.18. The third-order valence-corrected chi connectivity index (χ3v) is 4.84. The van der Waals surface area contributed by atoms with Gasteiger partial charge < -0.3 is 5.32 Å². The van der Waals surface area contributed by atoms with Gasteiger partial charge in [-0.1, -0.05) is 26.8 Å². The summed E-state index contributed by atoms with van der Waals surface area (Å²) in [5.74, 6) is 0.909. The third-order valence-electron chi connectivity index (χ3n) is 4.00. The van der Waals surface area contributed by atoms with E-state index >= 15 is 0 Å². The maximum Gasteiger partial charge on any atom is 0.137 e. The van der Waals surface area contributed by atoms with Gasteiger partial charge in [0, 0.05) is 30.0 Å². The first-order valence-corrected chi connectivity index (χ1v) is 9.39. The highest BCUT2D eigenvalue weighted by Crippen LogP contribution is 2.19. The Hall–Kier alpha value is -1.79. The lowest BCUT2D eigenvalue weighted by Gasteiger charge is -2.16. The Labute approximate surface area is 157 Å². The molecule has 0 saturated carbocycles. The molecule has 3 aromatic heterocycles. The molecule has 0 aliphatic rings. The first-order chi connectivity index (χ1) is 11.9. The van der Waals surface area contributed by atoms with Gasteiger partial charge in [0.15, 0.2) is 0 Å². The van der Waals surface area contributed by atoms with Crippen LogP contribution in [0.2, 0.25) is 0 Å². The van der Waals surface area contributed by atoms with Gasteiger partial charge in [0.25, 0.3) is 0 Å². The van der Waals surface area contributed by atoms with E-state index in [2.05, 4.69) is 57.0 Å². The molecule has 6 heteroatoms. The molecule has 0 amide bonds. The number of rotatable bonds is 6. The second kappa shape index (κ2) is 7.62. The Morgan fingerprint density at radius 1 is 1.16 bits per heavy atom. The van der Waals surface area contributed by atoms with Gasteiger partial charge in [-0.25, -0.2) is 15.0 Å². The van der Waals surface area contributed by atoms with Crippen LogP contribution in [0.1, 0.15) is 44.4 Å². The van der Waals surface area contributed by atoms with Crippen LogP contribution in [0.25, 0.3) is 5.65 Å². The van der Waals surface area contributed by atoms with Crippen molar-refractivity contribution < 1.29 is 0 Å². The fourth-order valence-corrected chi connectivity index (χ4v) is 3.15. The number of aryl methyl sites for hydroxylation is 1. The van der Waals surface area contributed by atoms with E-state index in [1.165, 1.54) is 0 Å². The zero-order chi connectivity index (χ0) is 17.9. The fraction of sp³-hybridized carbons (Fsp3) is 0.421. The molecular weight excluding hydrogens is 378 g/mol. The first kappa shape index (κ1) is 18.0. The van der Waals surface area contributed by atoms with Gasteiger partial charge in [-0.2, -0.15) is 0 Å². The van der Waals surface area contributed by atoms with Crippen LogP contribution in [0.15, 0.2) is 41.3 Å². The number of halogens is 1. The van der Waals surface area contributed by atoms with E-state index in [0.717, 1.165) is 53.4 Å². The monoisotopic (exact) mass is 401 g/mol. The van der Waals surface area contributed by atoms with Crippen molar-refractivity contribution >= 4 is 21.6 Å². The summed E-state index contributed by atoms with van der Waals surface area (Å²) in [6.07, 6.45) is 5.86. The third kappa shape index (κ3) is 4.44. The predicted molar refractivity (Wildman–Crippen MR) is 104 cm³/mol. The number of imidazole rings is 1. The molecule has 0 aliphatic carbocycles. The van der Waals surface area contributed by atoms with Gasteiger partial charge in [0.2, 0.25) is 0 Å². The minimum Gasteiger partial charge on any atom is -0.311 e. The SMILES string of the molecule is CC(C)(C)c1nccc(CCCNCc2nc3ccccn3c2Br)n1. The summed E-state index contributed by atoms with van der Waals surface area (Å²) in [5, 5.41) is 3.47. The summed E-state index contributed by atoms with van der Waals surface area (Å²) in [7, 11) is 0. The molecule has 0 aliphatic heterocycles. The maximum atomic E-state index is 4.68. The van der Waals surface area contributed by atoms with E-state index < -0.39 is 0 Å². The van der Waals surface area contributed by atoms with Crippen LogP contribution in [-0.2, 0) is 18.4 Å². The van der Waals surface area contributed by atoms with Gasteiger partial charge >= 0.3 is 0 Å². The molecule has 0 radical (unpaired) electrons. The topological polar surface area (TPSA) is 55.1 Å². The van der Waals surface area contributed by atoms with Gasteiger partial charge in [-0.3, -0.25) is 4.40 Å². The van der Waals surface area contributed by atoms with Gasteiger partial charge in [0.1, 0.15) is 16.1 Å². The van der Waals surface area contributed by atoms with Crippen LogP contribution in [0.5, 0.6) is 0 Å². The largest absolute Gasteiger partial charge is 0.311 e. The molecule has 5 nitrogen and oxygen atoms in total. The highest BCUT2D eigenvalue weighted by molar-refractivity contribution is 9.10. The van der Waals surface area contributed by atoms with Crippen molar-refractivity contribution in [1.82, 2.24) is 24.7 Å². The van der Waals surface area contributed by atoms with Gasteiger partial charge in [0.05, 0.1) is 5.69 Å². The molecule has 3 heterocycles. The van der Waals surface area contributed by atoms with Crippen molar-refractivity contribution in [3.8, 4) is 0 Å². The van der Waals surface area contributed by atoms with E-state index in [4.69, 9.17) is 0 Å². The van der Waals surface area contributed by atoms with E-state index in [1.54, 1.807) is 0 Å². The molecule has 0 aromatic carbocycles. The van der Waals surface area contributed by atoms with Crippen molar-refractivity contribution in [3.05, 3.63) is 58.5 Å². The minimum atomic E-state index is -0.0103. The highest BCUT2D eigenvalue weighted by atomic mass is 79.9. The summed E-state index contributed by atoms with van der Waals surface area (Å²) in [5.41, 5.74) is 3.09.